The number of aromatic amines is 1. The van der Waals surface area contributed by atoms with Gasteiger partial charge in [-0.1, -0.05) is 0 Å². The van der Waals surface area contributed by atoms with E-state index in [1.165, 1.54) is 36.5 Å². The van der Waals surface area contributed by atoms with Crippen molar-refractivity contribution in [3.05, 3.63) is 0 Å². The zero-order chi connectivity index (χ0) is 10.6. The molecule has 62 valence electrons. The van der Waals surface area contributed by atoms with Gasteiger partial charge in [-0.2, -0.15) is 0 Å². The normalized spacial score (nSPS) is 8.86. The van der Waals surface area contributed by atoms with Crippen LogP contribution in [0.25, 0.3) is 0 Å². The average Bonchev–Trinajstić information content (AvgIpc) is 2.56. The summed E-state index contributed by atoms with van der Waals surface area (Å²) in [4.78, 5) is 3.47. The van der Waals surface area contributed by atoms with E-state index in [0.717, 1.165) is 14.3 Å². The van der Waals surface area contributed by atoms with Crippen LogP contribution in [-0.4, -0.2) is 63.3 Å². The van der Waals surface area contributed by atoms with Crippen LogP contribution < -0.4 is 22.1 Å². The van der Waals surface area contributed by atoms with Gasteiger partial charge in [0.2, 0.25) is 0 Å². The van der Waals surface area contributed by atoms with Gasteiger partial charge in [-0.15, -0.1) is 0 Å². The first-order valence-electron chi connectivity index (χ1n) is 5.63. The van der Waals surface area contributed by atoms with Crippen LogP contribution in [0.3, 0.4) is 0 Å². The fourth-order valence-electron chi connectivity index (χ4n) is 2.10. The molecule has 0 unspecified atom stereocenters. The Balaban J connectivity index is 3.18. The number of hydrogen-bond acceptors (Lipinski definition) is 0. The molecule has 1 nitrogen and oxygen atoms in total. The molecule has 0 saturated heterocycles. The molecule has 1 N–H and O–H groups in total. The van der Waals surface area contributed by atoms with E-state index in [1.807, 2.05) is 6.80 Å². The first-order valence-corrected chi connectivity index (χ1v) is 5.63. The molecule has 1 aromatic rings. The van der Waals surface area contributed by atoms with Crippen LogP contribution in [0, 0.1) is 0 Å². The van der Waals surface area contributed by atoms with Crippen molar-refractivity contribution in [3.8, 4) is 0 Å². The summed E-state index contributed by atoms with van der Waals surface area (Å²) >= 11 is 0. The van der Waals surface area contributed by atoms with Gasteiger partial charge in [0.1, 0.15) is 0 Å². The summed E-state index contributed by atoms with van der Waals surface area (Å²) in [6.07, 6.45) is 0. The van der Waals surface area contributed by atoms with Crippen molar-refractivity contribution in [1.29, 1.82) is 0 Å². The molecular weight excluding hydrogens is 161 g/mol. The molecular formula is C5H13B8N. The van der Waals surface area contributed by atoms with Crippen molar-refractivity contribution in [2.75, 3.05) is 0 Å². The molecule has 9 heteroatoms. The summed E-state index contributed by atoms with van der Waals surface area (Å²) in [5.41, 5.74) is 5.64. The Morgan fingerprint density at radius 1 is 1.29 bits per heavy atom. The van der Waals surface area contributed by atoms with Crippen LogP contribution in [0.4, 0.5) is 0 Å². The fourth-order valence-corrected chi connectivity index (χ4v) is 2.10. The molecule has 1 rings (SSSR count). The number of nitrogens with one attached hydrogen (secondary N) is 1. The molecule has 0 atom stereocenters. The van der Waals surface area contributed by atoms with Crippen LogP contribution in [0.5, 0.6) is 0 Å². The Bertz CT molecular complexity index is 320. The Kier molecular flexibility index (Phi) is 4.77. The van der Waals surface area contributed by atoms with Gasteiger partial charge in [-0.25, -0.2) is 0 Å². The quantitative estimate of drug-likeness (QED) is 0.426. The second-order valence-electron chi connectivity index (χ2n) is 3.64. The fraction of sp³-hybridized carbons (Fsp3) is 0.200. The molecule has 0 radical (unpaired) electrons. The number of aromatic nitrogens is 1. The van der Waals surface area contributed by atoms with E-state index >= 15 is 0 Å². The molecule has 0 aliphatic rings. The van der Waals surface area contributed by atoms with E-state index in [0.29, 0.717) is 0 Å². The standard InChI is InChI=1S/C5H13B8N/c1-9-13-3-2(10-6)4(11-7)14-5(3)12-8/h8-11,13-14H,6-7H2,1H3. The number of H-pyrrole nitrogens is 1. The number of hydrogen-bond donors (Lipinski definition) is 1. The van der Waals surface area contributed by atoms with Gasteiger partial charge in [0.25, 0.3) is 0 Å². The minimum absolute atomic E-state index is 1.09. The topological polar surface area (TPSA) is 15.8 Å². The monoisotopic (exact) mass is 175 g/mol. The van der Waals surface area contributed by atoms with Gasteiger partial charge in [-0.3, -0.25) is 0 Å². The van der Waals surface area contributed by atoms with Crippen LogP contribution in [0.1, 0.15) is 0 Å². The van der Waals surface area contributed by atoms with E-state index in [1.54, 1.807) is 0 Å². The Morgan fingerprint density at radius 3 is 2.43 bits per heavy atom. The molecule has 0 fully saturated rings. The van der Waals surface area contributed by atoms with E-state index in [9.17, 15) is 0 Å². The van der Waals surface area contributed by atoms with Gasteiger partial charge < -0.3 is 0 Å². The molecule has 0 aliphatic carbocycles. The molecule has 0 bridgehead atoms. The zero-order valence-electron chi connectivity index (χ0n) is 9.61. The zero-order valence-corrected chi connectivity index (χ0v) is 9.61. The maximum absolute atomic E-state index is 3.87. The predicted octanol–water partition coefficient (Wildman–Crippen LogP) is -7.16. The summed E-state index contributed by atoms with van der Waals surface area (Å²) < 4.78 is 0. The SMILES string of the molecule is B=Bc1[nH]c(BB)c(BB)c1BBC. The van der Waals surface area contributed by atoms with Crippen LogP contribution in [0.2, 0.25) is 6.82 Å². The van der Waals surface area contributed by atoms with Crippen LogP contribution >= 0.6 is 0 Å². The molecule has 0 aromatic carbocycles. The summed E-state index contributed by atoms with van der Waals surface area (Å²) in [5, 5.41) is 0. The molecule has 0 amide bonds. The van der Waals surface area contributed by atoms with Crippen molar-refractivity contribution in [2.24, 2.45) is 0 Å². The van der Waals surface area contributed by atoms with Gasteiger partial charge >= 0.3 is 92.2 Å². The van der Waals surface area contributed by atoms with Gasteiger partial charge in [0.15, 0.2) is 0 Å². The molecule has 14 heavy (non-hydrogen) atoms. The molecule has 1 aromatic heterocycles. The third-order valence-corrected chi connectivity index (χ3v) is 2.75. The van der Waals surface area contributed by atoms with E-state index < -0.39 is 0 Å². The van der Waals surface area contributed by atoms with Crippen molar-refractivity contribution < 1.29 is 0 Å². The van der Waals surface area contributed by atoms with Gasteiger partial charge in [0, 0.05) is 0 Å². The van der Waals surface area contributed by atoms with Gasteiger partial charge in [-0.05, 0) is 0 Å². The maximum atomic E-state index is 3.87. The Labute approximate surface area is 92.6 Å². The van der Waals surface area contributed by atoms with Crippen molar-refractivity contribution in [1.82, 2.24) is 4.98 Å². The number of rotatable bonds is 5. The van der Waals surface area contributed by atoms with E-state index in [2.05, 4.69) is 34.6 Å². The third kappa shape index (κ3) is 2.24. The predicted molar refractivity (Wildman–Crippen MR) is 83.8 cm³/mol. The second kappa shape index (κ2) is 5.62. The molecule has 1 heterocycles. The summed E-state index contributed by atoms with van der Waals surface area (Å²) in [7, 11) is 12.9. The first kappa shape index (κ1) is 11.9. The van der Waals surface area contributed by atoms with E-state index in [-0.39, 0.29) is 0 Å². The Morgan fingerprint density at radius 2 is 2.00 bits per heavy atom. The first-order chi connectivity index (χ1) is 6.78. The van der Waals surface area contributed by atoms with Crippen molar-refractivity contribution in [3.63, 3.8) is 0 Å². The van der Waals surface area contributed by atoms with Crippen molar-refractivity contribution >= 4 is 80.4 Å². The average molecular weight is 174 g/mol. The van der Waals surface area contributed by atoms with Gasteiger partial charge in [0.05, 0.1) is 0 Å². The van der Waals surface area contributed by atoms with E-state index in [4.69, 9.17) is 0 Å². The van der Waals surface area contributed by atoms with Crippen LogP contribution in [0.15, 0.2) is 0 Å². The van der Waals surface area contributed by atoms with Crippen LogP contribution in [-0.2, 0) is 0 Å². The molecule has 0 spiro atoms. The minimum atomic E-state index is 1.09. The second-order valence-corrected chi connectivity index (χ2v) is 3.64. The summed E-state index contributed by atoms with van der Waals surface area (Å²) in [6, 6.07) is 0. The Hall–Kier alpha value is -0.201. The summed E-state index contributed by atoms with van der Waals surface area (Å²) in [6.45, 7) is 4.17. The molecule has 0 saturated carbocycles. The summed E-state index contributed by atoms with van der Waals surface area (Å²) in [5.74, 6) is 0. The van der Waals surface area contributed by atoms with Crippen molar-refractivity contribution in [2.45, 2.75) is 6.82 Å². The molecule has 0 aliphatic heterocycles. The third-order valence-electron chi connectivity index (χ3n) is 2.75.